The van der Waals surface area contributed by atoms with Crippen LogP contribution in [0.5, 0.6) is 0 Å². The quantitative estimate of drug-likeness (QED) is 0.730. The first-order valence-corrected chi connectivity index (χ1v) is 10.2. The van der Waals surface area contributed by atoms with Gasteiger partial charge in [-0.3, -0.25) is 4.79 Å². The van der Waals surface area contributed by atoms with Gasteiger partial charge >= 0.3 is 0 Å². The van der Waals surface area contributed by atoms with Gasteiger partial charge in [0.1, 0.15) is 5.82 Å². The van der Waals surface area contributed by atoms with Crippen molar-refractivity contribution < 1.29 is 13.2 Å². The minimum absolute atomic E-state index is 0.0601. The average molecular weight is 344 g/mol. The number of nitrogens with zero attached hydrogens (tertiary/aromatic N) is 4. The second kappa shape index (κ2) is 5.84. The summed E-state index contributed by atoms with van der Waals surface area (Å²) in [6, 6.07) is 0.284. The van der Waals surface area contributed by atoms with Crippen molar-refractivity contribution >= 4 is 27.5 Å². The van der Waals surface area contributed by atoms with Crippen LogP contribution in [-0.4, -0.2) is 64.3 Å². The molecule has 1 atom stereocenters. The van der Waals surface area contributed by atoms with Gasteiger partial charge in [-0.25, -0.2) is 8.42 Å². The molecule has 122 valence electrons. The molecule has 9 heteroatoms. The van der Waals surface area contributed by atoms with Crippen LogP contribution in [0.2, 0.25) is 0 Å². The molecular formula is C13H20N4O3S2. The second-order valence-corrected chi connectivity index (χ2v) is 9.15. The first-order chi connectivity index (χ1) is 10.4. The van der Waals surface area contributed by atoms with E-state index in [0.29, 0.717) is 12.5 Å². The smallest absolute Gasteiger partial charge is 0.233 e. The fourth-order valence-corrected chi connectivity index (χ4v) is 5.46. The van der Waals surface area contributed by atoms with Crippen LogP contribution in [0.4, 0.5) is 0 Å². The molecule has 0 N–H and O–H groups in total. The fourth-order valence-electron chi connectivity index (χ4n) is 2.71. The van der Waals surface area contributed by atoms with Gasteiger partial charge in [0, 0.05) is 19.1 Å². The summed E-state index contributed by atoms with van der Waals surface area (Å²) in [4.78, 5) is 13.8. The fraction of sp³-hybridized carbons (Fsp3) is 0.769. The summed E-state index contributed by atoms with van der Waals surface area (Å²) >= 11 is 1.38. The molecule has 1 aliphatic heterocycles. The zero-order valence-electron chi connectivity index (χ0n) is 12.7. The molecular weight excluding hydrogens is 324 g/mol. The molecule has 1 aromatic heterocycles. The van der Waals surface area contributed by atoms with Crippen molar-refractivity contribution in [2.45, 2.75) is 43.4 Å². The van der Waals surface area contributed by atoms with Crippen LogP contribution in [0.1, 0.15) is 31.1 Å². The third-order valence-electron chi connectivity index (χ3n) is 4.22. The van der Waals surface area contributed by atoms with Crippen LogP contribution in [0.3, 0.4) is 0 Å². The van der Waals surface area contributed by atoms with Gasteiger partial charge in [-0.1, -0.05) is 11.8 Å². The summed E-state index contributed by atoms with van der Waals surface area (Å²) in [5.74, 6) is 1.34. The Kier molecular flexibility index (Phi) is 4.19. The predicted molar refractivity (Wildman–Crippen MR) is 83.6 cm³/mol. The van der Waals surface area contributed by atoms with Gasteiger partial charge in [0.25, 0.3) is 0 Å². The Bertz CT molecular complexity index is 681. The molecule has 22 heavy (non-hydrogen) atoms. The number of amides is 1. The topological polar surface area (TPSA) is 85.2 Å². The summed E-state index contributed by atoms with van der Waals surface area (Å²) in [6.45, 7) is 1.92. The Labute approximate surface area is 134 Å². The highest BCUT2D eigenvalue weighted by molar-refractivity contribution is 7.99. The van der Waals surface area contributed by atoms with Crippen LogP contribution in [0, 0.1) is 6.92 Å². The highest BCUT2D eigenvalue weighted by Gasteiger charge is 2.33. The molecule has 1 aromatic rings. The molecule has 0 spiro atoms. The Balaban J connectivity index is 1.58. The summed E-state index contributed by atoms with van der Waals surface area (Å²) in [5.41, 5.74) is 0. The molecule has 3 rings (SSSR count). The van der Waals surface area contributed by atoms with Gasteiger partial charge in [-0.05, 0) is 26.2 Å². The highest BCUT2D eigenvalue weighted by atomic mass is 32.2. The lowest BCUT2D eigenvalue weighted by molar-refractivity contribution is -0.128. The maximum Gasteiger partial charge on any atom is 0.233 e. The van der Waals surface area contributed by atoms with Crippen LogP contribution in [0.25, 0.3) is 0 Å². The summed E-state index contributed by atoms with van der Waals surface area (Å²) in [6.07, 6.45) is 2.81. The SMILES string of the molecule is Cc1nnc(SCC(=O)N(C)[C@@H]2CCS(=O)(=O)C2)n1C1CC1. The summed E-state index contributed by atoms with van der Waals surface area (Å²) < 4.78 is 25.1. The van der Waals surface area contributed by atoms with Gasteiger partial charge in [0.15, 0.2) is 15.0 Å². The van der Waals surface area contributed by atoms with E-state index in [9.17, 15) is 13.2 Å². The van der Waals surface area contributed by atoms with Crippen molar-refractivity contribution in [2.75, 3.05) is 24.3 Å². The number of aromatic nitrogens is 3. The maximum absolute atomic E-state index is 12.3. The number of hydrogen-bond acceptors (Lipinski definition) is 6. The maximum atomic E-state index is 12.3. The minimum Gasteiger partial charge on any atom is -0.341 e. The van der Waals surface area contributed by atoms with Crippen molar-refractivity contribution in [3.8, 4) is 0 Å². The van der Waals surface area contributed by atoms with Gasteiger partial charge in [-0.2, -0.15) is 0 Å². The number of rotatable bonds is 5. The Morgan fingerprint density at radius 1 is 1.36 bits per heavy atom. The molecule has 2 aliphatic rings. The molecule has 0 unspecified atom stereocenters. The third-order valence-corrected chi connectivity index (χ3v) is 6.90. The summed E-state index contributed by atoms with van der Waals surface area (Å²) in [5, 5.41) is 9.00. The summed E-state index contributed by atoms with van der Waals surface area (Å²) in [7, 11) is -1.29. The Morgan fingerprint density at radius 3 is 2.68 bits per heavy atom. The zero-order valence-corrected chi connectivity index (χ0v) is 14.4. The van der Waals surface area contributed by atoms with Gasteiger partial charge < -0.3 is 9.47 Å². The molecule has 2 heterocycles. The van der Waals surface area contributed by atoms with Crippen LogP contribution in [0.15, 0.2) is 5.16 Å². The Hall–Kier alpha value is -1.09. The van der Waals surface area contributed by atoms with Crippen molar-refractivity contribution in [2.24, 2.45) is 0 Å². The minimum atomic E-state index is -2.97. The molecule has 0 bridgehead atoms. The number of carbonyl (C=O) groups is 1. The van der Waals surface area contributed by atoms with Crippen LogP contribution in [-0.2, 0) is 14.6 Å². The molecule has 1 aliphatic carbocycles. The number of carbonyl (C=O) groups excluding carboxylic acids is 1. The standard InChI is InChI=1S/C13H20N4O3S2/c1-9-14-15-13(17(9)10-3-4-10)21-7-12(18)16(2)11-5-6-22(19,20)8-11/h10-11H,3-8H2,1-2H3/t11-/m1/s1. The van der Waals surface area contributed by atoms with E-state index in [-0.39, 0.29) is 29.2 Å². The third kappa shape index (κ3) is 3.29. The van der Waals surface area contributed by atoms with E-state index in [1.165, 1.54) is 11.8 Å². The van der Waals surface area contributed by atoms with E-state index in [1.807, 2.05) is 6.92 Å². The van der Waals surface area contributed by atoms with Crippen LogP contribution < -0.4 is 0 Å². The molecule has 1 amide bonds. The van der Waals surface area contributed by atoms with E-state index in [1.54, 1.807) is 11.9 Å². The van der Waals surface area contributed by atoms with Gasteiger partial charge in [0.05, 0.1) is 17.3 Å². The highest BCUT2D eigenvalue weighted by Crippen LogP contribution is 2.38. The van der Waals surface area contributed by atoms with E-state index in [0.717, 1.165) is 23.8 Å². The molecule has 2 fully saturated rings. The van der Waals surface area contributed by atoms with Crippen molar-refractivity contribution in [1.29, 1.82) is 0 Å². The second-order valence-electron chi connectivity index (χ2n) is 5.98. The van der Waals surface area contributed by atoms with Gasteiger partial charge in [-0.15, -0.1) is 10.2 Å². The normalized spacial score (nSPS) is 23.6. The van der Waals surface area contributed by atoms with Gasteiger partial charge in [0.2, 0.25) is 5.91 Å². The number of aryl methyl sites for hydroxylation is 1. The molecule has 1 saturated heterocycles. The molecule has 1 saturated carbocycles. The Morgan fingerprint density at radius 2 is 2.09 bits per heavy atom. The van der Waals surface area contributed by atoms with Crippen molar-refractivity contribution in [1.82, 2.24) is 19.7 Å². The molecule has 0 radical (unpaired) electrons. The van der Waals surface area contributed by atoms with Crippen molar-refractivity contribution in [3.63, 3.8) is 0 Å². The number of hydrogen-bond donors (Lipinski definition) is 0. The lowest BCUT2D eigenvalue weighted by Crippen LogP contribution is -2.38. The zero-order chi connectivity index (χ0) is 15.9. The number of thioether (sulfide) groups is 1. The number of sulfone groups is 1. The monoisotopic (exact) mass is 344 g/mol. The predicted octanol–water partition coefficient (Wildman–Crippen LogP) is 0.659. The molecule has 7 nitrogen and oxygen atoms in total. The van der Waals surface area contributed by atoms with Crippen LogP contribution >= 0.6 is 11.8 Å². The average Bonchev–Trinajstić information content (AvgIpc) is 3.14. The largest absolute Gasteiger partial charge is 0.341 e. The molecule has 0 aromatic carbocycles. The van der Waals surface area contributed by atoms with E-state index < -0.39 is 9.84 Å². The first kappa shape index (κ1) is 15.8. The lowest BCUT2D eigenvalue weighted by Gasteiger charge is -2.23. The first-order valence-electron chi connectivity index (χ1n) is 7.38. The van der Waals surface area contributed by atoms with Crippen molar-refractivity contribution in [3.05, 3.63) is 5.82 Å². The van der Waals surface area contributed by atoms with E-state index in [2.05, 4.69) is 14.8 Å². The van der Waals surface area contributed by atoms with E-state index in [4.69, 9.17) is 0 Å². The lowest BCUT2D eigenvalue weighted by atomic mass is 10.2. The van der Waals surface area contributed by atoms with E-state index >= 15 is 0 Å².